The number of aryl methyl sites for hydroxylation is 2. The van der Waals surface area contributed by atoms with Gasteiger partial charge in [0.1, 0.15) is 5.75 Å². The van der Waals surface area contributed by atoms with Crippen molar-refractivity contribution in [2.45, 2.75) is 31.3 Å². The molecular formula is C18H18O2S. The van der Waals surface area contributed by atoms with E-state index in [0.717, 1.165) is 21.8 Å². The predicted molar refractivity (Wildman–Crippen MR) is 86.2 cm³/mol. The number of rotatable bonds is 3. The van der Waals surface area contributed by atoms with Crippen LogP contribution in [0.4, 0.5) is 0 Å². The molecule has 0 fully saturated rings. The summed E-state index contributed by atoms with van der Waals surface area (Å²) in [6, 6.07) is 14.1. The molecule has 0 N–H and O–H groups in total. The summed E-state index contributed by atoms with van der Waals surface area (Å²) in [5.74, 6) is 1.68. The molecule has 0 saturated heterocycles. The van der Waals surface area contributed by atoms with Crippen molar-refractivity contribution in [2.24, 2.45) is 0 Å². The molecule has 1 heterocycles. The first kappa shape index (κ1) is 14.2. The van der Waals surface area contributed by atoms with Crippen LogP contribution < -0.4 is 4.74 Å². The summed E-state index contributed by atoms with van der Waals surface area (Å²) in [5.41, 5.74) is 3.46. The van der Waals surface area contributed by atoms with Crippen LogP contribution in [0.2, 0.25) is 0 Å². The summed E-state index contributed by atoms with van der Waals surface area (Å²) in [6.07, 6.45) is 0.103. The Kier molecular flexibility index (Phi) is 4.02. The molecule has 0 bridgehead atoms. The number of hydrogen-bond acceptors (Lipinski definition) is 3. The third kappa shape index (κ3) is 3.13. The van der Waals surface area contributed by atoms with Gasteiger partial charge in [0.25, 0.3) is 0 Å². The maximum Gasteiger partial charge on any atom is 0.178 e. The predicted octanol–water partition coefficient (Wildman–Crippen LogP) is 3.97. The van der Waals surface area contributed by atoms with Gasteiger partial charge in [-0.2, -0.15) is 0 Å². The summed E-state index contributed by atoms with van der Waals surface area (Å²) in [6.45, 7) is 4.10. The smallest absolute Gasteiger partial charge is 0.178 e. The Balaban J connectivity index is 1.74. The number of carbonyl (C=O) groups is 1. The van der Waals surface area contributed by atoms with E-state index in [0.29, 0.717) is 12.2 Å². The second kappa shape index (κ2) is 5.94. The fourth-order valence-corrected chi connectivity index (χ4v) is 3.49. The van der Waals surface area contributed by atoms with Crippen molar-refractivity contribution in [3.05, 3.63) is 59.2 Å². The lowest BCUT2D eigenvalue weighted by molar-refractivity contribution is -0.124. The first-order valence-electron chi connectivity index (χ1n) is 7.11. The van der Waals surface area contributed by atoms with Gasteiger partial charge in [-0.25, -0.2) is 0 Å². The number of fused-ring (bicyclic) bond motifs is 1. The van der Waals surface area contributed by atoms with E-state index in [9.17, 15) is 4.79 Å². The molecule has 0 radical (unpaired) electrons. The van der Waals surface area contributed by atoms with Crippen LogP contribution in [0.3, 0.4) is 0 Å². The van der Waals surface area contributed by atoms with Crippen LogP contribution in [0.15, 0.2) is 47.4 Å². The lowest BCUT2D eigenvalue weighted by Gasteiger charge is -2.24. The van der Waals surface area contributed by atoms with Crippen molar-refractivity contribution in [1.82, 2.24) is 0 Å². The van der Waals surface area contributed by atoms with E-state index in [1.807, 2.05) is 31.2 Å². The molecule has 3 heteroatoms. The minimum Gasteiger partial charge on any atom is -0.481 e. The molecule has 21 heavy (non-hydrogen) atoms. The van der Waals surface area contributed by atoms with Crippen LogP contribution in [0.5, 0.6) is 5.75 Å². The number of thioether (sulfide) groups is 1. The zero-order valence-electron chi connectivity index (χ0n) is 12.3. The molecular weight excluding hydrogens is 280 g/mol. The molecule has 0 saturated carbocycles. The standard InChI is InChI=1S/C18H18O2S/c1-12-7-8-13(2)14(9-12)10-15(19)17-11-21-18-6-4-3-5-16(18)20-17/h3-9,17H,10-11H2,1-2H3. The lowest BCUT2D eigenvalue weighted by Crippen LogP contribution is -2.33. The zero-order valence-corrected chi connectivity index (χ0v) is 13.1. The number of hydrogen-bond donors (Lipinski definition) is 0. The molecule has 0 amide bonds. The number of ketones is 1. The van der Waals surface area contributed by atoms with Gasteiger partial charge in [-0.05, 0) is 37.1 Å². The van der Waals surface area contributed by atoms with E-state index in [1.165, 1.54) is 5.56 Å². The molecule has 0 aromatic heterocycles. The highest BCUT2D eigenvalue weighted by Crippen LogP contribution is 2.35. The van der Waals surface area contributed by atoms with E-state index in [-0.39, 0.29) is 11.9 Å². The number of benzene rings is 2. The molecule has 1 atom stereocenters. The molecule has 2 aromatic rings. The van der Waals surface area contributed by atoms with Crippen LogP contribution in [0, 0.1) is 13.8 Å². The molecule has 2 aromatic carbocycles. The Morgan fingerprint density at radius 1 is 1.24 bits per heavy atom. The third-order valence-electron chi connectivity index (χ3n) is 3.74. The molecule has 108 valence electrons. The second-order valence-corrected chi connectivity index (χ2v) is 6.50. The minimum absolute atomic E-state index is 0.158. The van der Waals surface area contributed by atoms with E-state index >= 15 is 0 Å². The summed E-state index contributed by atoms with van der Waals surface area (Å²) in [4.78, 5) is 13.6. The first-order chi connectivity index (χ1) is 10.1. The maximum absolute atomic E-state index is 12.5. The minimum atomic E-state index is -0.343. The lowest BCUT2D eigenvalue weighted by atomic mass is 9.99. The normalized spacial score (nSPS) is 17.0. The van der Waals surface area contributed by atoms with E-state index in [4.69, 9.17) is 4.74 Å². The number of Topliss-reactive ketones (excluding diaryl/α,β-unsaturated/α-hetero) is 1. The van der Waals surface area contributed by atoms with Crippen LogP contribution in [-0.2, 0) is 11.2 Å². The Bertz CT molecular complexity index is 679. The summed E-state index contributed by atoms with van der Waals surface area (Å²) >= 11 is 1.70. The highest BCUT2D eigenvalue weighted by molar-refractivity contribution is 7.99. The van der Waals surface area contributed by atoms with Crippen molar-refractivity contribution in [3.63, 3.8) is 0 Å². The quantitative estimate of drug-likeness (QED) is 0.857. The van der Waals surface area contributed by atoms with Crippen LogP contribution in [0.1, 0.15) is 16.7 Å². The van der Waals surface area contributed by atoms with E-state index < -0.39 is 0 Å². The SMILES string of the molecule is Cc1ccc(C)c(CC(=O)C2CSc3ccccc3O2)c1. The van der Waals surface area contributed by atoms with Crippen molar-refractivity contribution in [3.8, 4) is 5.75 Å². The Morgan fingerprint density at radius 3 is 2.90 bits per heavy atom. The topological polar surface area (TPSA) is 26.3 Å². The number of para-hydroxylation sites is 1. The highest BCUT2D eigenvalue weighted by Gasteiger charge is 2.26. The largest absolute Gasteiger partial charge is 0.481 e. The van der Waals surface area contributed by atoms with Crippen LogP contribution in [-0.4, -0.2) is 17.6 Å². The fraction of sp³-hybridized carbons (Fsp3) is 0.278. The molecule has 1 unspecified atom stereocenters. The molecule has 3 rings (SSSR count). The number of carbonyl (C=O) groups excluding carboxylic acids is 1. The number of ether oxygens (including phenoxy) is 1. The van der Waals surface area contributed by atoms with Gasteiger partial charge in [0.15, 0.2) is 11.9 Å². The van der Waals surface area contributed by atoms with Gasteiger partial charge >= 0.3 is 0 Å². The Labute approximate surface area is 129 Å². The van der Waals surface area contributed by atoms with Gasteiger partial charge in [-0.1, -0.05) is 35.9 Å². The van der Waals surface area contributed by atoms with Crippen LogP contribution >= 0.6 is 11.8 Å². The fourth-order valence-electron chi connectivity index (χ4n) is 2.47. The Hall–Kier alpha value is -1.74. The molecule has 0 aliphatic carbocycles. The van der Waals surface area contributed by atoms with E-state index in [2.05, 4.69) is 25.1 Å². The maximum atomic E-state index is 12.5. The average molecular weight is 298 g/mol. The highest BCUT2D eigenvalue weighted by atomic mass is 32.2. The summed E-state index contributed by atoms with van der Waals surface area (Å²) in [7, 11) is 0. The van der Waals surface area contributed by atoms with Gasteiger partial charge in [0.2, 0.25) is 0 Å². The molecule has 1 aliphatic rings. The summed E-state index contributed by atoms with van der Waals surface area (Å²) < 4.78 is 5.87. The average Bonchev–Trinajstić information content (AvgIpc) is 2.50. The van der Waals surface area contributed by atoms with Gasteiger partial charge in [0, 0.05) is 17.1 Å². The van der Waals surface area contributed by atoms with Crippen LogP contribution in [0.25, 0.3) is 0 Å². The van der Waals surface area contributed by atoms with E-state index in [1.54, 1.807) is 11.8 Å². The Morgan fingerprint density at radius 2 is 2.05 bits per heavy atom. The van der Waals surface area contributed by atoms with Crippen molar-refractivity contribution in [2.75, 3.05) is 5.75 Å². The van der Waals surface area contributed by atoms with Gasteiger partial charge in [-0.15, -0.1) is 11.8 Å². The van der Waals surface area contributed by atoms with Gasteiger partial charge < -0.3 is 4.74 Å². The van der Waals surface area contributed by atoms with Crippen molar-refractivity contribution >= 4 is 17.5 Å². The third-order valence-corrected chi connectivity index (χ3v) is 4.85. The second-order valence-electron chi connectivity index (χ2n) is 5.44. The van der Waals surface area contributed by atoms with Gasteiger partial charge in [0.05, 0.1) is 0 Å². The molecule has 2 nitrogen and oxygen atoms in total. The first-order valence-corrected chi connectivity index (χ1v) is 8.09. The van der Waals surface area contributed by atoms with Crippen molar-refractivity contribution in [1.29, 1.82) is 0 Å². The molecule has 1 aliphatic heterocycles. The molecule has 0 spiro atoms. The zero-order chi connectivity index (χ0) is 14.8. The van der Waals surface area contributed by atoms with Crippen molar-refractivity contribution < 1.29 is 9.53 Å². The van der Waals surface area contributed by atoms with Gasteiger partial charge in [-0.3, -0.25) is 4.79 Å². The summed E-state index contributed by atoms with van der Waals surface area (Å²) in [5, 5.41) is 0. The monoisotopic (exact) mass is 298 g/mol.